The molecule has 0 radical (unpaired) electrons. The van der Waals surface area contributed by atoms with Crippen molar-refractivity contribution in [2.75, 3.05) is 6.16 Å². The Kier molecular flexibility index (Phi) is 7.95. The van der Waals surface area contributed by atoms with Crippen LogP contribution in [-0.4, -0.2) is 17.5 Å². The number of rotatable bonds is 7. The van der Waals surface area contributed by atoms with Crippen LogP contribution in [0.15, 0.2) is 84.2 Å². The quantitative estimate of drug-likeness (QED) is 0.364. The molecule has 0 bridgehead atoms. The lowest BCUT2D eigenvalue weighted by Gasteiger charge is -2.41. The summed E-state index contributed by atoms with van der Waals surface area (Å²) in [5.74, 6) is 0.650. The van der Waals surface area contributed by atoms with Gasteiger partial charge >= 0.3 is 0 Å². The molecular weight excluding hydrogens is 422 g/mol. The van der Waals surface area contributed by atoms with Crippen LogP contribution < -0.4 is 10.6 Å². The molecule has 2 saturated carbocycles. The van der Waals surface area contributed by atoms with Crippen molar-refractivity contribution >= 4 is 26.5 Å². The molecule has 0 saturated heterocycles. The van der Waals surface area contributed by atoms with Crippen LogP contribution in [-0.2, 0) is 0 Å². The molecular formula is C30H38P2. The molecule has 168 valence electrons. The molecule has 3 aliphatic rings. The minimum Gasteiger partial charge on any atom is -0.0766 e. The molecule has 0 aliphatic heterocycles. The van der Waals surface area contributed by atoms with Gasteiger partial charge in [-0.1, -0.05) is 125 Å². The lowest BCUT2D eigenvalue weighted by Crippen LogP contribution is -2.24. The van der Waals surface area contributed by atoms with Crippen LogP contribution in [0.3, 0.4) is 0 Å². The Hall–Kier alpha value is -1.22. The van der Waals surface area contributed by atoms with E-state index in [1.54, 1.807) is 0 Å². The van der Waals surface area contributed by atoms with Crippen LogP contribution in [0.5, 0.6) is 0 Å². The van der Waals surface area contributed by atoms with Crippen molar-refractivity contribution < 1.29 is 0 Å². The van der Waals surface area contributed by atoms with Gasteiger partial charge in [0.25, 0.3) is 0 Å². The predicted octanol–water partition coefficient (Wildman–Crippen LogP) is 8.34. The van der Waals surface area contributed by atoms with E-state index < -0.39 is 0 Å². The van der Waals surface area contributed by atoms with Gasteiger partial charge in [0.05, 0.1) is 0 Å². The first-order valence-corrected chi connectivity index (χ1v) is 16.0. The fraction of sp³-hybridized carbons (Fsp3) is 0.467. The molecule has 32 heavy (non-hydrogen) atoms. The van der Waals surface area contributed by atoms with Crippen molar-refractivity contribution in [3.8, 4) is 0 Å². The van der Waals surface area contributed by atoms with Crippen molar-refractivity contribution in [2.45, 2.75) is 75.5 Å². The highest BCUT2D eigenvalue weighted by atomic mass is 31.1. The van der Waals surface area contributed by atoms with Gasteiger partial charge in [0.15, 0.2) is 0 Å². The van der Waals surface area contributed by atoms with Crippen LogP contribution in [0.1, 0.15) is 64.2 Å². The van der Waals surface area contributed by atoms with Crippen LogP contribution in [0.25, 0.3) is 0 Å². The third-order valence-corrected chi connectivity index (χ3v) is 14.0. The number of hydrogen-bond acceptors (Lipinski definition) is 0. The fourth-order valence-corrected chi connectivity index (χ4v) is 12.9. The zero-order valence-corrected chi connectivity index (χ0v) is 21.2. The normalized spacial score (nSPS) is 22.6. The molecule has 2 aromatic rings. The summed E-state index contributed by atoms with van der Waals surface area (Å²) in [4.78, 5) is 0. The monoisotopic (exact) mass is 460 g/mol. The van der Waals surface area contributed by atoms with Crippen molar-refractivity contribution in [3.63, 3.8) is 0 Å². The molecule has 0 N–H and O–H groups in total. The molecule has 1 atom stereocenters. The topological polar surface area (TPSA) is 0 Å². The Labute approximate surface area is 198 Å². The average molecular weight is 461 g/mol. The third-order valence-electron chi connectivity index (χ3n) is 7.74. The van der Waals surface area contributed by atoms with Gasteiger partial charge in [-0.05, 0) is 67.0 Å². The maximum absolute atomic E-state index is 2.59. The summed E-state index contributed by atoms with van der Waals surface area (Å²) in [5.41, 5.74) is 1.99. The van der Waals surface area contributed by atoms with Gasteiger partial charge < -0.3 is 0 Å². The van der Waals surface area contributed by atoms with Gasteiger partial charge in [0, 0.05) is 5.92 Å². The van der Waals surface area contributed by atoms with E-state index in [2.05, 4.69) is 78.9 Å². The Balaban J connectivity index is 1.42. The molecule has 3 aliphatic carbocycles. The summed E-state index contributed by atoms with van der Waals surface area (Å²) in [7, 11) is -0.327. The van der Waals surface area contributed by atoms with E-state index in [4.69, 9.17) is 0 Å². The summed E-state index contributed by atoms with van der Waals surface area (Å²) >= 11 is 0. The number of allylic oxidation sites excluding steroid dienone is 4. The highest BCUT2D eigenvalue weighted by molar-refractivity contribution is 7.73. The van der Waals surface area contributed by atoms with Crippen LogP contribution in [0.2, 0.25) is 0 Å². The molecule has 0 spiro atoms. The Morgan fingerprint density at radius 3 is 1.62 bits per heavy atom. The van der Waals surface area contributed by atoms with Gasteiger partial charge in [-0.25, -0.2) is 0 Å². The van der Waals surface area contributed by atoms with Gasteiger partial charge in [-0.2, -0.15) is 0 Å². The molecule has 0 amide bonds. The SMILES string of the molecule is C1=CC(CP(c2ccccc2)c2ccccc2)C(P(C2CCCCC2)C2CCCCC2)=C1. The second kappa shape index (κ2) is 11.3. The van der Waals surface area contributed by atoms with Crippen LogP contribution >= 0.6 is 15.8 Å². The van der Waals surface area contributed by atoms with Gasteiger partial charge in [0.1, 0.15) is 0 Å². The Bertz CT molecular complexity index is 831. The largest absolute Gasteiger partial charge is 0.0766 e. The molecule has 2 fully saturated rings. The molecule has 2 aromatic carbocycles. The Morgan fingerprint density at radius 1 is 0.625 bits per heavy atom. The maximum Gasteiger partial charge on any atom is 0.00709 e. The second-order valence-corrected chi connectivity index (χ2v) is 14.9. The van der Waals surface area contributed by atoms with E-state index in [0.717, 1.165) is 11.3 Å². The molecule has 1 unspecified atom stereocenters. The smallest absolute Gasteiger partial charge is 0.00709 e. The maximum atomic E-state index is 2.59. The van der Waals surface area contributed by atoms with E-state index in [1.807, 2.05) is 5.31 Å². The van der Waals surface area contributed by atoms with Crippen LogP contribution in [0, 0.1) is 5.92 Å². The van der Waals surface area contributed by atoms with Gasteiger partial charge in [0.2, 0.25) is 0 Å². The van der Waals surface area contributed by atoms with Gasteiger partial charge in [-0.3, -0.25) is 0 Å². The molecule has 0 heterocycles. The minimum atomic E-state index is -0.330. The second-order valence-electron chi connectivity index (χ2n) is 9.86. The van der Waals surface area contributed by atoms with E-state index in [0.29, 0.717) is 5.92 Å². The average Bonchev–Trinajstić information content (AvgIpc) is 3.33. The van der Waals surface area contributed by atoms with Gasteiger partial charge in [-0.15, -0.1) is 0 Å². The summed E-state index contributed by atoms with van der Waals surface area (Å²) in [6.45, 7) is 0. The summed E-state index contributed by atoms with van der Waals surface area (Å²) in [6, 6.07) is 22.7. The predicted molar refractivity (Wildman–Crippen MR) is 145 cm³/mol. The first-order chi connectivity index (χ1) is 15.9. The van der Waals surface area contributed by atoms with E-state index in [9.17, 15) is 0 Å². The third kappa shape index (κ3) is 5.29. The summed E-state index contributed by atoms with van der Waals surface area (Å²) in [5, 5.41) is 4.94. The lowest BCUT2D eigenvalue weighted by molar-refractivity contribution is 0.485. The van der Waals surface area contributed by atoms with E-state index >= 15 is 0 Å². The lowest BCUT2D eigenvalue weighted by atomic mass is 9.99. The zero-order valence-electron chi connectivity index (χ0n) is 19.4. The first kappa shape index (κ1) is 22.6. The Morgan fingerprint density at radius 2 is 1.12 bits per heavy atom. The van der Waals surface area contributed by atoms with Crippen LogP contribution in [0.4, 0.5) is 0 Å². The van der Waals surface area contributed by atoms with Crippen molar-refractivity contribution in [2.24, 2.45) is 5.92 Å². The van der Waals surface area contributed by atoms with Crippen molar-refractivity contribution in [1.82, 2.24) is 0 Å². The minimum absolute atomic E-state index is 0.00315. The summed E-state index contributed by atoms with van der Waals surface area (Å²) < 4.78 is 0. The molecule has 0 nitrogen and oxygen atoms in total. The first-order valence-electron chi connectivity index (χ1n) is 12.9. The zero-order chi connectivity index (χ0) is 21.6. The standard InChI is InChI=1S/C30H38P2/c1-5-15-26(16-6-1)31(27-17-7-2-8-18-27)24-25-14-13-23-30(25)32(28-19-9-3-10-20-28)29-21-11-4-12-22-29/h1-2,5-8,13-18,23,25,28-29H,3-4,9-12,19-22,24H2. The fourth-order valence-electron chi connectivity index (χ4n) is 6.15. The van der Waals surface area contributed by atoms with E-state index in [-0.39, 0.29) is 15.8 Å². The number of benzene rings is 2. The highest BCUT2D eigenvalue weighted by Gasteiger charge is 2.37. The molecule has 5 rings (SSSR count). The summed E-state index contributed by atoms with van der Waals surface area (Å²) in [6.07, 6.45) is 23.7. The van der Waals surface area contributed by atoms with Crippen molar-refractivity contribution in [3.05, 3.63) is 84.2 Å². The molecule has 2 heteroatoms. The number of hydrogen-bond donors (Lipinski definition) is 0. The molecule has 0 aromatic heterocycles. The van der Waals surface area contributed by atoms with Crippen molar-refractivity contribution in [1.29, 1.82) is 0 Å². The highest BCUT2D eigenvalue weighted by Crippen LogP contribution is 2.64. The van der Waals surface area contributed by atoms with E-state index in [1.165, 1.54) is 81.0 Å².